The van der Waals surface area contributed by atoms with E-state index in [-0.39, 0.29) is 11.2 Å². The van der Waals surface area contributed by atoms with E-state index in [0.717, 1.165) is 17.5 Å². The van der Waals surface area contributed by atoms with Crippen molar-refractivity contribution < 1.29 is 14.3 Å². The van der Waals surface area contributed by atoms with Crippen LogP contribution in [0.25, 0.3) is 0 Å². The third-order valence-electron chi connectivity index (χ3n) is 4.87. The van der Waals surface area contributed by atoms with Gasteiger partial charge in [0.05, 0.1) is 12.4 Å². The minimum absolute atomic E-state index is 0.0644. The van der Waals surface area contributed by atoms with E-state index in [2.05, 4.69) is 17.4 Å². The minimum Gasteiger partial charge on any atom is -0.493 e. The number of carbonyl (C=O) groups is 1. The first-order valence-corrected chi connectivity index (χ1v) is 10.5. The standard InChI is InChI=1S/C24H23NO3S/c1-27-21-13-18(11-12-20(21)28-16-17-7-3-2-4-8-17)15-25-24(26)23-14-19-9-5-6-10-22(19)29-23/h2-13,23H,14-16H2,1H3,(H,25,26). The predicted octanol–water partition coefficient (Wildman–Crippen LogP) is 4.61. The molecule has 1 amide bonds. The molecule has 1 aliphatic heterocycles. The van der Waals surface area contributed by atoms with Gasteiger partial charge < -0.3 is 14.8 Å². The fourth-order valence-corrected chi connectivity index (χ4v) is 4.53. The smallest absolute Gasteiger partial charge is 0.234 e. The molecular weight excluding hydrogens is 382 g/mol. The molecule has 0 spiro atoms. The minimum atomic E-state index is -0.0669. The highest BCUT2D eigenvalue weighted by Gasteiger charge is 2.27. The molecule has 5 heteroatoms. The number of carbonyl (C=O) groups excluding carboxylic acids is 1. The number of benzene rings is 3. The van der Waals surface area contributed by atoms with Crippen LogP contribution < -0.4 is 14.8 Å². The van der Waals surface area contributed by atoms with Crippen LogP contribution in [0.15, 0.2) is 77.7 Å². The number of methoxy groups -OCH3 is 1. The molecule has 4 nitrogen and oxygen atoms in total. The second-order valence-corrected chi connectivity index (χ2v) is 8.14. The van der Waals surface area contributed by atoms with E-state index < -0.39 is 0 Å². The van der Waals surface area contributed by atoms with E-state index in [9.17, 15) is 4.79 Å². The van der Waals surface area contributed by atoms with Gasteiger partial charge in [0.15, 0.2) is 11.5 Å². The van der Waals surface area contributed by atoms with Gasteiger partial charge in [-0.1, -0.05) is 54.6 Å². The van der Waals surface area contributed by atoms with Gasteiger partial charge in [-0.25, -0.2) is 0 Å². The van der Waals surface area contributed by atoms with Crippen LogP contribution in [0, 0.1) is 0 Å². The summed E-state index contributed by atoms with van der Waals surface area (Å²) in [5, 5.41) is 2.98. The molecule has 1 N–H and O–H groups in total. The Labute approximate surface area is 175 Å². The van der Waals surface area contributed by atoms with Crippen molar-refractivity contribution in [1.82, 2.24) is 5.32 Å². The Hall–Kier alpha value is -2.92. The zero-order valence-corrected chi connectivity index (χ0v) is 17.1. The van der Waals surface area contributed by atoms with Crippen molar-refractivity contribution in [2.45, 2.75) is 29.7 Å². The normalized spacial score (nSPS) is 14.9. The maximum absolute atomic E-state index is 12.6. The van der Waals surface area contributed by atoms with Crippen LogP contribution in [0.3, 0.4) is 0 Å². The van der Waals surface area contributed by atoms with Crippen LogP contribution >= 0.6 is 11.8 Å². The number of hydrogen-bond donors (Lipinski definition) is 1. The quantitative estimate of drug-likeness (QED) is 0.624. The van der Waals surface area contributed by atoms with Crippen LogP contribution in [0.5, 0.6) is 11.5 Å². The number of hydrogen-bond acceptors (Lipinski definition) is 4. The number of thioether (sulfide) groups is 1. The molecule has 1 atom stereocenters. The first kappa shape index (κ1) is 19.4. The summed E-state index contributed by atoms with van der Waals surface area (Å²) in [6.45, 7) is 0.939. The summed E-state index contributed by atoms with van der Waals surface area (Å²) in [6, 6.07) is 24.0. The molecule has 0 saturated carbocycles. The molecule has 1 aliphatic rings. The van der Waals surface area contributed by atoms with Gasteiger partial charge in [0.2, 0.25) is 5.91 Å². The highest BCUT2D eigenvalue weighted by Crippen LogP contribution is 2.36. The number of fused-ring (bicyclic) bond motifs is 1. The molecule has 0 aromatic heterocycles. The van der Waals surface area contributed by atoms with Crippen molar-refractivity contribution in [2.75, 3.05) is 7.11 Å². The number of amides is 1. The van der Waals surface area contributed by atoms with Crippen molar-refractivity contribution >= 4 is 17.7 Å². The molecule has 0 aliphatic carbocycles. The van der Waals surface area contributed by atoms with Crippen molar-refractivity contribution in [3.05, 3.63) is 89.5 Å². The van der Waals surface area contributed by atoms with Gasteiger partial charge in [0.25, 0.3) is 0 Å². The van der Waals surface area contributed by atoms with Crippen LogP contribution in [-0.2, 0) is 24.4 Å². The lowest BCUT2D eigenvalue weighted by Gasteiger charge is -2.14. The summed E-state index contributed by atoms with van der Waals surface area (Å²) < 4.78 is 11.4. The van der Waals surface area contributed by atoms with E-state index >= 15 is 0 Å². The van der Waals surface area contributed by atoms with E-state index in [1.807, 2.05) is 60.7 Å². The summed E-state index contributed by atoms with van der Waals surface area (Å²) in [5.41, 5.74) is 3.32. The monoisotopic (exact) mass is 405 g/mol. The first-order valence-electron chi connectivity index (χ1n) is 9.59. The second kappa shape index (κ2) is 9.05. The van der Waals surface area contributed by atoms with E-state index in [4.69, 9.17) is 9.47 Å². The van der Waals surface area contributed by atoms with E-state index in [1.54, 1.807) is 18.9 Å². The van der Waals surface area contributed by atoms with Gasteiger partial charge in [-0.15, -0.1) is 11.8 Å². The predicted molar refractivity (Wildman–Crippen MR) is 115 cm³/mol. The summed E-state index contributed by atoms with van der Waals surface area (Å²) in [7, 11) is 1.62. The van der Waals surface area contributed by atoms with Gasteiger partial charge in [-0.3, -0.25) is 4.79 Å². The fraction of sp³-hybridized carbons (Fsp3) is 0.208. The molecule has 1 unspecified atom stereocenters. The Bertz CT molecular complexity index is 965. The van der Waals surface area contributed by atoms with Gasteiger partial charge in [0, 0.05) is 11.4 Å². The molecule has 0 radical (unpaired) electrons. The number of nitrogens with one attached hydrogen (secondary N) is 1. The third-order valence-corrected chi connectivity index (χ3v) is 6.19. The molecule has 0 fully saturated rings. The fourth-order valence-electron chi connectivity index (χ4n) is 3.31. The first-order chi connectivity index (χ1) is 14.2. The molecule has 29 heavy (non-hydrogen) atoms. The Kier molecular flexibility index (Phi) is 6.06. The summed E-state index contributed by atoms with van der Waals surface area (Å²) in [6.07, 6.45) is 0.780. The third kappa shape index (κ3) is 4.74. The Morgan fingerprint density at radius 3 is 2.59 bits per heavy atom. The second-order valence-electron chi connectivity index (χ2n) is 6.90. The topological polar surface area (TPSA) is 47.6 Å². The lowest BCUT2D eigenvalue weighted by Crippen LogP contribution is -2.31. The molecule has 3 aromatic rings. The average Bonchev–Trinajstić information content (AvgIpc) is 3.21. The van der Waals surface area contributed by atoms with Crippen molar-refractivity contribution in [3.63, 3.8) is 0 Å². The van der Waals surface area contributed by atoms with Gasteiger partial charge in [-0.2, -0.15) is 0 Å². The van der Waals surface area contributed by atoms with E-state index in [0.29, 0.717) is 24.7 Å². The van der Waals surface area contributed by atoms with Crippen LogP contribution in [-0.4, -0.2) is 18.3 Å². The average molecular weight is 406 g/mol. The van der Waals surface area contributed by atoms with Crippen molar-refractivity contribution in [1.29, 1.82) is 0 Å². The summed E-state index contributed by atoms with van der Waals surface area (Å²) in [4.78, 5) is 13.8. The van der Waals surface area contributed by atoms with Crippen molar-refractivity contribution in [2.24, 2.45) is 0 Å². The molecule has 0 saturated heterocycles. The zero-order valence-electron chi connectivity index (χ0n) is 16.3. The highest BCUT2D eigenvalue weighted by atomic mass is 32.2. The van der Waals surface area contributed by atoms with Crippen LogP contribution in [0.2, 0.25) is 0 Å². The zero-order chi connectivity index (χ0) is 20.1. The van der Waals surface area contributed by atoms with Gasteiger partial charge in [0.1, 0.15) is 6.61 Å². The summed E-state index contributed by atoms with van der Waals surface area (Å²) in [5.74, 6) is 1.41. The highest BCUT2D eigenvalue weighted by molar-refractivity contribution is 8.01. The Morgan fingerprint density at radius 2 is 1.79 bits per heavy atom. The molecule has 4 rings (SSSR count). The van der Waals surface area contributed by atoms with Gasteiger partial charge in [-0.05, 0) is 41.3 Å². The summed E-state index contributed by atoms with van der Waals surface area (Å²) >= 11 is 1.64. The number of ether oxygens (including phenoxy) is 2. The Balaban J connectivity index is 1.34. The maximum Gasteiger partial charge on any atom is 0.234 e. The Morgan fingerprint density at radius 1 is 1.00 bits per heavy atom. The molecular formula is C24H23NO3S. The van der Waals surface area contributed by atoms with Crippen molar-refractivity contribution in [3.8, 4) is 11.5 Å². The van der Waals surface area contributed by atoms with Crippen LogP contribution in [0.4, 0.5) is 0 Å². The van der Waals surface area contributed by atoms with Crippen LogP contribution in [0.1, 0.15) is 16.7 Å². The molecule has 1 heterocycles. The largest absolute Gasteiger partial charge is 0.493 e. The molecule has 3 aromatic carbocycles. The molecule has 148 valence electrons. The SMILES string of the molecule is COc1cc(CNC(=O)C2Cc3ccccc3S2)ccc1OCc1ccccc1. The van der Waals surface area contributed by atoms with Gasteiger partial charge >= 0.3 is 0 Å². The molecule has 0 bridgehead atoms. The lowest BCUT2D eigenvalue weighted by atomic mass is 10.1. The maximum atomic E-state index is 12.6. The van der Waals surface area contributed by atoms with E-state index in [1.165, 1.54) is 10.5 Å². The lowest BCUT2D eigenvalue weighted by molar-refractivity contribution is -0.120. The number of rotatable bonds is 7.